The minimum absolute atomic E-state index is 0.0170. The number of hydrogen-bond donors (Lipinski definition) is 2. The first kappa shape index (κ1) is 23.4. The van der Waals surface area contributed by atoms with E-state index in [2.05, 4.69) is 0 Å². The van der Waals surface area contributed by atoms with E-state index < -0.39 is 34.1 Å². The molecule has 0 aliphatic carbocycles. The first-order valence-corrected chi connectivity index (χ1v) is 11.1. The van der Waals surface area contributed by atoms with Gasteiger partial charge >= 0.3 is 5.97 Å². The SMILES string of the molecule is O=C(O)CC(O)CS(=O)(=O)CCc1c(Cl)cc(Cl)cc1OCc1ccc(F)cc1. The predicted molar refractivity (Wildman–Crippen MR) is 108 cm³/mol. The summed E-state index contributed by atoms with van der Waals surface area (Å²) in [6.45, 7) is 0.0913. The second-order valence-corrected chi connectivity index (χ2v) is 9.47. The third-order valence-corrected chi connectivity index (χ3v) is 6.22. The fourth-order valence-corrected chi connectivity index (χ4v) is 4.54. The Hall–Kier alpha value is -1.87. The van der Waals surface area contributed by atoms with Crippen molar-refractivity contribution < 1.29 is 32.6 Å². The first-order chi connectivity index (χ1) is 13.6. The molecule has 0 bridgehead atoms. The number of benzene rings is 2. The number of rotatable bonds is 10. The number of hydrogen-bond acceptors (Lipinski definition) is 5. The number of carboxylic acid groups (broad SMARTS) is 1. The van der Waals surface area contributed by atoms with Crippen molar-refractivity contribution in [3.05, 3.63) is 63.4 Å². The van der Waals surface area contributed by atoms with Crippen molar-refractivity contribution in [1.29, 1.82) is 0 Å². The lowest BCUT2D eigenvalue weighted by Crippen LogP contribution is -2.26. The monoisotopic (exact) mass is 464 g/mol. The third-order valence-electron chi connectivity index (χ3n) is 3.95. The summed E-state index contributed by atoms with van der Waals surface area (Å²) in [4.78, 5) is 10.6. The first-order valence-electron chi connectivity index (χ1n) is 8.51. The summed E-state index contributed by atoms with van der Waals surface area (Å²) < 4.78 is 43.1. The van der Waals surface area contributed by atoms with Crippen LogP contribution in [0.3, 0.4) is 0 Å². The molecular formula is C19H19Cl2FO6S. The van der Waals surface area contributed by atoms with E-state index in [-0.39, 0.29) is 35.4 Å². The average Bonchev–Trinajstić information content (AvgIpc) is 2.58. The molecule has 6 nitrogen and oxygen atoms in total. The highest BCUT2D eigenvalue weighted by atomic mass is 35.5. The molecule has 0 heterocycles. The lowest BCUT2D eigenvalue weighted by molar-refractivity contribution is -0.138. The molecule has 0 aliphatic rings. The normalized spacial score (nSPS) is 12.6. The minimum Gasteiger partial charge on any atom is -0.489 e. The van der Waals surface area contributed by atoms with Gasteiger partial charge in [-0.05, 0) is 36.2 Å². The molecule has 0 saturated heterocycles. The maximum atomic E-state index is 13.0. The van der Waals surface area contributed by atoms with Gasteiger partial charge in [-0.2, -0.15) is 0 Å². The Kier molecular flexibility index (Phi) is 8.27. The predicted octanol–water partition coefficient (Wildman–Crippen LogP) is 3.50. The second kappa shape index (κ2) is 10.2. The smallest absolute Gasteiger partial charge is 0.306 e. The molecule has 158 valence electrons. The van der Waals surface area contributed by atoms with Gasteiger partial charge in [0.25, 0.3) is 0 Å². The number of aliphatic hydroxyl groups is 1. The van der Waals surface area contributed by atoms with Gasteiger partial charge in [0.2, 0.25) is 0 Å². The highest BCUT2D eigenvalue weighted by Crippen LogP contribution is 2.32. The van der Waals surface area contributed by atoms with E-state index in [4.69, 9.17) is 33.0 Å². The Morgan fingerprint density at radius 1 is 1.17 bits per heavy atom. The van der Waals surface area contributed by atoms with Gasteiger partial charge in [-0.25, -0.2) is 12.8 Å². The number of carbonyl (C=O) groups is 1. The van der Waals surface area contributed by atoms with Crippen LogP contribution in [0.25, 0.3) is 0 Å². The zero-order chi connectivity index (χ0) is 21.6. The molecule has 0 aliphatic heterocycles. The van der Waals surface area contributed by atoms with E-state index in [1.165, 1.54) is 24.3 Å². The fourth-order valence-electron chi connectivity index (χ4n) is 2.59. The molecule has 1 atom stereocenters. The Labute approximate surface area is 177 Å². The molecule has 10 heteroatoms. The number of halogens is 3. The van der Waals surface area contributed by atoms with Crippen molar-refractivity contribution in [2.45, 2.75) is 25.6 Å². The van der Waals surface area contributed by atoms with Crippen LogP contribution in [0.4, 0.5) is 4.39 Å². The van der Waals surface area contributed by atoms with Crippen LogP contribution < -0.4 is 4.74 Å². The van der Waals surface area contributed by atoms with Crippen LogP contribution in [-0.4, -0.2) is 42.2 Å². The Morgan fingerprint density at radius 2 is 1.83 bits per heavy atom. The number of sulfone groups is 1. The summed E-state index contributed by atoms with van der Waals surface area (Å²) in [5, 5.41) is 18.7. The topological polar surface area (TPSA) is 101 Å². The molecule has 2 rings (SSSR count). The van der Waals surface area contributed by atoms with Crippen molar-refractivity contribution in [3.8, 4) is 5.75 Å². The lowest BCUT2D eigenvalue weighted by atomic mass is 10.1. The Balaban J connectivity index is 2.11. The Bertz CT molecular complexity index is 963. The number of ether oxygens (including phenoxy) is 1. The van der Waals surface area contributed by atoms with Crippen LogP contribution in [0.5, 0.6) is 5.75 Å². The van der Waals surface area contributed by atoms with E-state index >= 15 is 0 Å². The molecule has 0 saturated carbocycles. The maximum Gasteiger partial charge on any atom is 0.306 e. The van der Waals surface area contributed by atoms with Gasteiger partial charge in [0, 0.05) is 15.6 Å². The van der Waals surface area contributed by atoms with Crippen molar-refractivity contribution in [2.24, 2.45) is 0 Å². The molecule has 0 amide bonds. The van der Waals surface area contributed by atoms with E-state index in [9.17, 15) is 22.7 Å². The minimum atomic E-state index is -3.74. The van der Waals surface area contributed by atoms with Gasteiger partial charge < -0.3 is 14.9 Å². The molecule has 29 heavy (non-hydrogen) atoms. The molecule has 1 unspecified atom stereocenters. The van der Waals surface area contributed by atoms with Crippen molar-refractivity contribution in [2.75, 3.05) is 11.5 Å². The van der Waals surface area contributed by atoms with Gasteiger partial charge in [-0.15, -0.1) is 0 Å². The van der Waals surface area contributed by atoms with Crippen LogP contribution in [0, 0.1) is 5.82 Å². The summed E-state index contributed by atoms with van der Waals surface area (Å²) in [5.74, 6) is -2.41. The Morgan fingerprint density at radius 3 is 2.45 bits per heavy atom. The number of carboxylic acids is 1. The molecule has 0 aromatic heterocycles. The molecule has 0 radical (unpaired) electrons. The van der Waals surface area contributed by atoms with E-state index in [0.717, 1.165) is 0 Å². The maximum absolute atomic E-state index is 13.0. The van der Waals surface area contributed by atoms with Crippen LogP contribution in [0.1, 0.15) is 17.5 Å². The van der Waals surface area contributed by atoms with Crippen LogP contribution in [-0.2, 0) is 27.7 Å². The molecule has 2 aromatic carbocycles. The summed E-state index contributed by atoms with van der Waals surface area (Å²) >= 11 is 12.2. The standard InChI is InChI=1S/C19H19Cl2FO6S/c20-13-7-17(21)16(5-6-29(26,27)11-15(23)9-19(24)25)18(8-13)28-10-12-1-3-14(22)4-2-12/h1-4,7-8,15,23H,5-6,9-11H2,(H,24,25). The highest BCUT2D eigenvalue weighted by Gasteiger charge is 2.21. The van der Waals surface area contributed by atoms with Crippen molar-refractivity contribution >= 4 is 39.0 Å². The third kappa shape index (κ3) is 7.81. The van der Waals surface area contributed by atoms with Gasteiger partial charge in [-0.1, -0.05) is 35.3 Å². The van der Waals surface area contributed by atoms with Crippen molar-refractivity contribution in [3.63, 3.8) is 0 Å². The van der Waals surface area contributed by atoms with Crippen LogP contribution >= 0.6 is 23.2 Å². The van der Waals surface area contributed by atoms with E-state index in [1.54, 1.807) is 12.1 Å². The van der Waals surface area contributed by atoms with E-state index in [1.807, 2.05) is 0 Å². The number of aliphatic hydroxyl groups excluding tert-OH is 1. The molecule has 2 aromatic rings. The highest BCUT2D eigenvalue weighted by molar-refractivity contribution is 7.91. The lowest BCUT2D eigenvalue weighted by Gasteiger charge is -2.15. The number of aliphatic carboxylic acids is 1. The quantitative estimate of drug-likeness (QED) is 0.557. The van der Waals surface area contributed by atoms with Gasteiger partial charge in [0.15, 0.2) is 9.84 Å². The molecular weight excluding hydrogens is 446 g/mol. The van der Waals surface area contributed by atoms with Gasteiger partial charge in [0.1, 0.15) is 18.2 Å². The van der Waals surface area contributed by atoms with E-state index in [0.29, 0.717) is 16.1 Å². The average molecular weight is 465 g/mol. The summed E-state index contributed by atoms with van der Waals surface area (Å²) in [7, 11) is -3.74. The second-order valence-electron chi connectivity index (χ2n) is 6.40. The van der Waals surface area contributed by atoms with Crippen LogP contribution in [0.2, 0.25) is 10.0 Å². The summed E-state index contributed by atoms with van der Waals surface area (Å²) in [6.07, 6.45) is -2.17. The zero-order valence-electron chi connectivity index (χ0n) is 15.1. The molecule has 0 spiro atoms. The van der Waals surface area contributed by atoms with Crippen LogP contribution in [0.15, 0.2) is 36.4 Å². The van der Waals surface area contributed by atoms with Gasteiger partial charge in [-0.3, -0.25) is 4.79 Å². The molecule has 2 N–H and O–H groups in total. The van der Waals surface area contributed by atoms with Crippen molar-refractivity contribution in [1.82, 2.24) is 0 Å². The van der Waals surface area contributed by atoms with Gasteiger partial charge in [0.05, 0.1) is 24.0 Å². The summed E-state index contributed by atoms with van der Waals surface area (Å²) in [5.41, 5.74) is 1.10. The largest absolute Gasteiger partial charge is 0.489 e. The fraction of sp³-hybridized carbons (Fsp3) is 0.316. The summed E-state index contributed by atoms with van der Waals surface area (Å²) in [6, 6.07) is 8.64. The molecule has 0 fully saturated rings. The zero-order valence-corrected chi connectivity index (χ0v) is 17.5.